The fourth-order valence-corrected chi connectivity index (χ4v) is 3.37. The smallest absolute Gasteiger partial charge is 0.235 e. The molecule has 0 saturated carbocycles. The Kier molecular flexibility index (Phi) is 5.70. The molecular formula is C19H22F2N8O. The molecule has 1 atom stereocenters. The van der Waals surface area contributed by atoms with Crippen molar-refractivity contribution < 1.29 is 13.5 Å². The molecule has 0 bridgehead atoms. The number of aromatic amines is 1. The summed E-state index contributed by atoms with van der Waals surface area (Å²) in [4.78, 5) is 12.4. The van der Waals surface area contributed by atoms with Gasteiger partial charge in [-0.2, -0.15) is 20.1 Å². The van der Waals surface area contributed by atoms with E-state index in [1.165, 1.54) is 12.1 Å². The molecule has 0 amide bonds. The van der Waals surface area contributed by atoms with E-state index in [0.29, 0.717) is 11.7 Å². The van der Waals surface area contributed by atoms with Crippen molar-refractivity contribution in [3.63, 3.8) is 0 Å². The third-order valence-corrected chi connectivity index (χ3v) is 4.93. The van der Waals surface area contributed by atoms with Gasteiger partial charge in [0.25, 0.3) is 0 Å². The Balaban J connectivity index is 1.47. The van der Waals surface area contributed by atoms with E-state index in [9.17, 15) is 8.78 Å². The summed E-state index contributed by atoms with van der Waals surface area (Å²) in [6, 6.07) is 4.77. The number of H-pyrrole nitrogens is 1. The van der Waals surface area contributed by atoms with Crippen LogP contribution in [0.25, 0.3) is 0 Å². The van der Waals surface area contributed by atoms with Crippen molar-refractivity contribution in [3.05, 3.63) is 47.2 Å². The van der Waals surface area contributed by atoms with Crippen molar-refractivity contribution in [2.75, 3.05) is 29.6 Å². The summed E-state index contributed by atoms with van der Waals surface area (Å²) in [6.07, 6.45) is 1.87. The Bertz CT molecular complexity index is 1020. The summed E-state index contributed by atoms with van der Waals surface area (Å²) in [5, 5.41) is 13.2. The van der Waals surface area contributed by atoms with Crippen molar-refractivity contribution in [1.82, 2.24) is 25.1 Å². The summed E-state index contributed by atoms with van der Waals surface area (Å²) in [7, 11) is 0. The number of rotatable bonds is 6. The first-order chi connectivity index (χ1) is 14.5. The van der Waals surface area contributed by atoms with Gasteiger partial charge < -0.3 is 21.1 Å². The average molecular weight is 416 g/mol. The van der Waals surface area contributed by atoms with E-state index in [4.69, 9.17) is 10.5 Å². The van der Waals surface area contributed by atoms with Crippen LogP contribution in [0.1, 0.15) is 43.0 Å². The van der Waals surface area contributed by atoms with E-state index in [1.54, 1.807) is 6.92 Å². The van der Waals surface area contributed by atoms with E-state index in [-0.39, 0.29) is 23.4 Å². The van der Waals surface area contributed by atoms with Gasteiger partial charge in [-0.3, -0.25) is 5.10 Å². The molecule has 0 aliphatic carbocycles. The number of hydrogen-bond donors (Lipinski definition) is 4. The summed E-state index contributed by atoms with van der Waals surface area (Å²) >= 11 is 0. The van der Waals surface area contributed by atoms with E-state index in [1.807, 2.05) is 6.07 Å². The highest BCUT2D eigenvalue weighted by Crippen LogP contribution is 2.27. The monoisotopic (exact) mass is 416 g/mol. The van der Waals surface area contributed by atoms with Crippen LogP contribution in [0.5, 0.6) is 0 Å². The fourth-order valence-electron chi connectivity index (χ4n) is 3.37. The van der Waals surface area contributed by atoms with Crippen LogP contribution in [-0.2, 0) is 4.74 Å². The Morgan fingerprint density at radius 3 is 2.67 bits per heavy atom. The molecule has 0 spiro atoms. The minimum absolute atomic E-state index is 0.0121. The number of anilines is 4. The van der Waals surface area contributed by atoms with Gasteiger partial charge in [0.05, 0.1) is 6.04 Å². The average Bonchev–Trinajstić information content (AvgIpc) is 3.16. The molecule has 11 heteroatoms. The van der Waals surface area contributed by atoms with Crippen LogP contribution in [-0.4, -0.2) is 38.4 Å². The number of nitrogen functional groups attached to an aromatic ring is 1. The molecule has 30 heavy (non-hydrogen) atoms. The fraction of sp³-hybridized carbons (Fsp3) is 0.368. The number of hydrogen-bond acceptors (Lipinski definition) is 8. The Morgan fingerprint density at radius 1 is 1.13 bits per heavy atom. The molecule has 4 rings (SSSR count). The van der Waals surface area contributed by atoms with Crippen molar-refractivity contribution in [2.24, 2.45) is 0 Å². The van der Waals surface area contributed by atoms with Gasteiger partial charge in [-0.25, -0.2) is 8.78 Å². The van der Waals surface area contributed by atoms with Crippen LogP contribution < -0.4 is 16.4 Å². The van der Waals surface area contributed by atoms with Crippen molar-refractivity contribution >= 4 is 23.7 Å². The normalized spacial score (nSPS) is 15.7. The number of nitrogens with one attached hydrogen (secondary N) is 3. The molecule has 9 nitrogen and oxygen atoms in total. The maximum absolute atomic E-state index is 14.0. The zero-order chi connectivity index (χ0) is 21.1. The quantitative estimate of drug-likeness (QED) is 0.482. The lowest BCUT2D eigenvalue weighted by atomic mass is 9.97. The van der Waals surface area contributed by atoms with Crippen LogP contribution in [0.15, 0.2) is 24.3 Å². The highest BCUT2D eigenvalue weighted by molar-refractivity contribution is 5.51. The molecule has 1 aliphatic rings. The maximum Gasteiger partial charge on any atom is 0.235 e. The van der Waals surface area contributed by atoms with Gasteiger partial charge in [-0.05, 0) is 25.8 Å². The van der Waals surface area contributed by atoms with Crippen LogP contribution in [0, 0.1) is 11.6 Å². The van der Waals surface area contributed by atoms with E-state index in [2.05, 4.69) is 35.8 Å². The lowest BCUT2D eigenvalue weighted by Crippen LogP contribution is -2.14. The third kappa shape index (κ3) is 4.62. The topological polar surface area (TPSA) is 127 Å². The second-order valence-corrected chi connectivity index (χ2v) is 7.09. The van der Waals surface area contributed by atoms with Crippen LogP contribution >= 0.6 is 0 Å². The molecule has 3 heterocycles. The molecular weight excluding hydrogens is 394 g/mol. The molecule has 2 aromatic heterocycles. The number of aromatic nitrogens is 5. The number of nitrogens with two attached hydrogens (primary N) is 1. The van der Waals surface area contributed by atoms with Gasteiger partial charge in [0, 0.05) is 42.5 Å². The molecule has 5 N–H and O–H groups in total. The Labute approximate surface area is 171 Å². The van der Waals surface area contributed by atoms with E-state index >= 15 is 0 Å². The first-order valence-electron chi connectivity index (χ1n) is 9.61. The van der Waals surface area contributed by atoms with Gasteiger partial charge in [0.1, 0.15) is 11.6 Å². The molecule has 3 aromatic rings. The maximum atomic E-state index is 14.0. The first kappa shape index (κ1) is 20.0. The van der Waals surface area contributed by atoms with E-state index in [0.717, 1.165) is 37.8 Å². The predicted octanol–water partition coefficient (Wildman–Crippen LogP) is 3.27. The lowest BCUT2D eigenvalue weighted by molar-refractivity contribution is 0.0845. The highest BCUT2D eigenvalue weighted by atomic mass is 19.1. The van der Waals surface area contributed by atoms with Gasteiger partial charge >= 0.3 is 0 Å². The minimum Gasteiger partial charge on any atom is -0.381 e. The summed E-state index contributed by atoms with van der Waals surface area (Å²) in [5.41, 5.74) is 7.08. The number of halogens is 2. The molecule has 1 unspecified atom stereocenters. The van der Waals surface area contributed by atoms with Crippen LogP contribution in [0.4, 0.5) is 32.4 Å². The standard InChI is InChI=1S/C19H22F2N8O/c1-10(13-3-2-12(20)8-14(13)21)23-18-25-17(22)26-19(27-18)24-16-9-15(28-29-16)11-4-6-30-7-5-11/h2-3,8-11H,4-7H2,1H3,(H5,22,23,24,25,26,27,28,29). The van der Waals surface area contributed by atoms with Gasteiger partial charge in [0.2, 0.25) is 17.8 Å². The summed E-state index contributed by atoms with van der Waals surface area (Å²) in [6.45, 7) is 3.17. The molecule has 1 aliphatic heterocycles. The van der Waals surface area contributed by atoms with Gasteiger partial charge in [0.15, 0.2) is 5.82 Å². The SMILES string of the molecule is CC(Nc1nc(N)nc(Nc2cc(C3CCOCC3)[nH]n2)n1)c1ccc(F)cc1F. The predicted molar refractivity (Wildman–Crippen MR) is 107 cm³/mol. The zero-order valence-corrected chi connectivity index (χ0v) is 16.3. The Morgan fingerprint density at radius 2 is 1.90 bits per heavy atom. The molecule has 0 radical (unpaired) electrons. The van der Waals surface area contributed by atoms with Crippen LogP contribution in [0.2, 0.25) is 0 Å². The van der Waals surface area contributed by atoms with Gasteiger partial charge in [-0.15, -0.1) is 0 Å². The van der Waals surface area contributed by atoms with Crippen LogP contribution in [0.3, 0.4) is 0 Å². The molecule has 1 fully saturated rings. The first-order valence-corrected chi connectivity index (χ1v) is 9.61. The third-order valence-electron chi connectivity index (χ3n) is 4.93. The minimum atomic E-state index is -0.660. The van der Waals surface area contributed by atoms with Crippen molar-refractivity contribution in [1.29, 1.82) is 0 Å². The van der Waals surface area contributed by atoms with Crippen molar-refractivity contribution in [2.45, 2.75) is 31.7 Å². The second-order valence-electron chi connectivity index (χ2n) is 7.09. The van der Waals surface area contributed by atoms with Crippen molar-refractivity contribution in [3.8, 4) is 0 Å². The van der Waals surface area contributed by atoms with Gasteiger partial charge in [-0.1, -0.05) is 6.07 Å². The molecule has 1 aromatic carbocycles. The molecule has 1 saturated heterocycles. The second kappa shape index (κ2) is 8.57. The number of ether oxygens (including phenoxy) is 1. The number of nitrogens with zero attached hydrogens (tertiary/aromatic N) is 4. The lowest BCUT2D eigenvalue weighted by Gasteiger charge is -2.20. The van der Waals surface area contributed by atoms with E-state index < -0.39 is 17.7 Å². The number of benzene rings is 1. The summed E-state index contributed by atoms with van der Waals surface area (Å²) in [5.74, 6) is -0.0456. The highest BCUT2D eigenvalue weighted by Gasteiger charge is 2.19. The largest absolute Gasteiger partial charge is 0.381 e. The molecule has 158 valence electrons. The summed E-state index contributed by atoms with van der Waals surface area (Å²) < 4.78 is 32.5. The Hall–Kier alpha value is -3.34. The zero-order valence-electron chi connectivity index (χ0n) is 16.3.